The number of benzene rings is 3. The number of nitrogens with two attached hydrogens (primary N) is 1. The number of amides is 1. The number of ether oxygens (including phenoxy) is 5. The van der Waals surface area contributed by atoms with E-state index < -0.39 is 12.2 Å². The first kappa shape index (κ1) is 29.5. The molecule has 0 spiro atoms. The number of hydrogen-bond donors (Lipinski definition) is 1. The zero-order valence-electron chi connectivity index (χ0n) is 22.8. The van der Waals surface area contributed by atoms with Gasteiger partial charge < -0.3 is 29.4 Å². The van der Waals surface area contributed by atoms with Crippen LogP contribution in [0.3, 0.4) is 0 Å². The molecule has 40 heavy (non-hydrogen) atoms. The lowest BCUT2D eigenvalue weighted by molar-refractivity contribution is -0.266. The number of methoxy groups -OCH3 is 2. The fourth-order valence-electron chi connectivity index (χ4n) is 4.10. The van der Waals surface area contributed by atoms with Crippen LogP contribution in [0.4, 0.5) is 0 Å². The SMILES string of the molecule is COc1ccc(COc2ccc(C(=O)N(CCN)OC3CCCCO3)c(Cl)c2OCc2ccc(OC)cc2)cc1. The van der Waals surface area contributed by atoms with Crippen LogP contribution < -0.4 is 24.7 Å². The molecule has 4 rings (SSSR count). The molecule has 0 aromatic heterocycles. The molecule has 2 N–H and O–H groups in total. The number of halogens is 1. The molecule has 1 saturated heterocycles. The van der Waals surface area contributed by atoms with Crippen LogP contribution in [0.25, 0.3) is 0 Å². The molecule has 1 amide bonds. The fraction of sp³-hybridized carbons (Fsp3) is 0.367. The predicted octanol–water partition coefficient (Wildman–Crippen LogP) is 5.37. The Balaban J connectivity index is 1.58. The summed E-state index contributed by atoms with van der Waals surface area (Å²) in [6.45, 7) is 1.42. The Bertz CT molecular complexity index is 1230. The summed E-state index contributed by atoms with van der Waals surface area (Å²) in [6.07, 6.45) is 2.10. The van der Waals surface area contributed by atoms with Gasteiger partial charge in [0, 0.05) is 19.6 Å². The second-order valence-corrected chi connectivity index (χ2v) is 9.50. The van der Waals surface area contributed by atoms with Crippen molar-refractivity contribution in [1.82, 2.24) is 5.06 Å². The van der Waals surface area contributed by atoms with Gasteiger partial charge in [-0.1, -0.05) is 35.9 Å². The van der Waals surface area contributed by atoms with Crippen molar-refractivity contribution < 1.29 is 33.3 Å². The second kappa shape index (κ2) is 14.8. The molecule has 1 atom stereocenters. The first-order valence-corrected chi connectivity index (χ1v) is 13.5. The third-order valence-corrected chi connectivity index (χ3v) is 6.70. The molecule has 0 bridgehead atoms. The molecule has 0 aliphatic carbocycles. The minimum atomic E-state index is -0.513. The lowest BCUT2D eigenvalue weighted by atomic mass is 10.1. The first-order chi connectivity index (χ1) is 19.5. The predicted molar refractivity (Wildman–Crippen MR) is 151 cm³/mol. The average Bonchev–Trinajstić information content (AvgIpc) is 3.00. The van der Waals surface area contributed by atoms with Gasteiger partial charge in [0.05, 0.1) is 31.4 Å². The average molecular weight is 571 g/mol. The maximum absolute atomic E-state index is 13.6. The maximum atomic E-state index is 13.6. The second-order valence-electron chi connectivity index (χ2n) is 9.13. The Morgan fingerprint density at radius 1 is 0.925 bits per heavy atom. The van der Waals surface area contributed by atoms with Crippen molar-refractivity contribution >= 4 is 17.5 Å². The van der Waals surface area contributed by atoms with Gasteiger partial charge >= 0.3 is 0 Å². The third-order valence-electron chi connectivity index (χ3n) is 6.33. The van der Waals surface area contributed by atoms with Gasteiger partial charge in [-0.3, -0.25) is 4.79 Å². The first-order valence-electron chi connectivity index (χ1n) is 13.2. The van der Waals surface area contributed by atoms with E-state index in [2.05, 4.69) is 0 Å². The highest BCUT2D eigenvalue weighted by atomic mass is 35.5. The molecule has 0 radical (unpaired) electrons. The number of hydroxylamine groups is 2. The van der Waals surface area contributed by atoms with Crippen LogP contribution in [0.15, 0.2) is 60.7 Å². The normalized spacial score (nSPS) is 14.8. The lowest BCUT2D eigenvalue weighted by Crippen LogP contribution is -2.40. The molecule has 3 aromatic rings. The Kier molecular flexibility index (Phi) is 10.9. The van der Waals surface area contributed by atoms with Gasteiger partial charge in [-0.25, -0.2) is 9.90 Å². The van der Waals surface area contributed by atoms with E-state index in [1.165, 1.54) is 5.06 Å². The van der Waals surface area contributed by atoms with Crippen LogP contribution in [-0.2, 0) is 22.8 Å². The van der Waals surface area contributed by atoms with Crippen molar-refractivity contribution in [3.63, 3.8) is 0 Å². The van der Waals surface area contributed by atoms with Gasteiger partial charge in [-0.2, -0.15) is 0 Å². The highest BCUT2D eigenvalue weighted by molar-refractivity contribution is 6.35. The fourth-order valence-corrected chi connectivity index (χ4v) is 4.39. The highest BCUT2D eigenvalue weighted by Crippen LogP contribution is 2.39. The van der Waals surface area contributed by atoms with Crippen LogP contribution in [0.5, 0.6) is 23.0 Å². The summed E-state index contributed by atoms with van der Waals surface area (Å²) in [7, 11) is 3.23. The third kappa shape index (κ3) is 7.79. The van der Waals surface area contributed by atoms with Gasteiger partial charge in [0.25, 0.3) is 5.91 Å². The van der Waals surface area contributed by atoms with E-state index in [4.69, 9.17) is 45.9 Å². The van der Waals surface area contributed by atoms with E-state index in [1.54, 1.807) is 26.4 Å². The number of rotatable bonds is 13. The summed E-state index contributed by atoms with van der Waals surface area (Å²) in [5.41, 5.74) is 7.79. The smallest absolute Gasteiger partial charge is 0.279 e. The van der Waals surface area contributed by atoms with Crippen LogP contribution in [-0.4, -0.2) is 51.2 Å². The van der Waals surface area contributed by atoms with Gasteiger partial charge in [0.1, 0.15) is 24.7 Å². The molecule has 1 aliphatic rings. The summed E-state index contributed by atoms with van der Waals surface area (Å²) in [4.78, 5) is 19.4. The molecule has 9 nitrogen and oxygen atoms in total. The van der Waals surface area contributed by atoms with Gasteiger partial charge in [0.15, 0.2) is 17.8 Å². The van der Waals surface area contributed by atoms with E-state index in [1.807, 2.05) is 48.5 Å². The van der Waals surface area contributed by atoms with Gasteiger partial charge in [0.2, 0.25) is 0 Å². The highest BCUT2D eigenvalue weighted by Gasteiger charge is 2.27. The van der Waals surface area contributed by atoms with E-state index in [0.717, 1.165) is 35.5 Å². The van der Waals surface area contributed by atoms with Crippen LogP contribution >= 0.6 is 11.6 Å². The summed E-state index contributed by atoms with van der Waals surface area (Å²) in [5.74, 6) is 1.69. The number of carbonyl (C=O) groups is 1. The van der Waals surface area contributed by atoms with E-state index in [0.29, 0.717) is 18.8 Å². The zero-order valence-corrected chi connectivity index (χ0v) is 23.5. The number of hydrogen-bond acceptors (Lipinski definition) is 8. The van der Waals surface area contributed by atoms with Crippen LogP contribution in [0.2, 0.25) is 5.02 Å². The van der Waals surface area contributed by atoms with Crippen molar-refractivity contribution in [2.75, 3.05) is 33.9 Å². The van der Waals surface area contributed by atoms with Crippen LogP contribution in [0, 0.1) is 0 Å². The zero-order chi connectivity index (χ0) is 28.3. The van der Waals surface area contributed by atoms with Crippen molar-refractivity contribution in [3.8, 4) is 23.0 Å². The summed E-state index contributed by atoms with van der Waals surface area (Å²) < 4.78 is 28.4. The van der Waals surface area contributed by atoms with Gasteiger partial charge in [-0.05, 0) is 60.4 Å². The Hall–Kier alpha value is -3.50. The molecule has 214 valence electrons. The topological polar surface area (TPSA) is 102 Å². The Morgan fingerprint density at radius 3 is 2.10 bits per heavy atom. The standard InChI is InChI=1S/C30H35ClN2O7/c1-35-23-10-6-21(7-11-23)19-38-26-15-14-25(30(34)33(17-16-32)40-27-5-3-4-18-37-27)28(31)29(26)39-20-22-8-12-24(36-2)13-9-22/h6-15,27H,3-5,16-20,32H2,1-2H3. The minimum Gasteiger partial charge on any atom is -0.497 e. The van der Waals surface area contributed by atoms with Gasteiger partial charge in [-0.15, -0.1) is 0 Å². The van der Waals surface area contributed by atoms with E-state index in [-0.39, 0.29) is 42.6 Å². The van der Waals surface area contributed by atoms with Crippen LogP contribution in [0.1, 0.15) is 40.7 Å². The van der Waals surface area contributed by atoms with Crippen molar-refractivity contribution in [1.29, 1.82) is 0 Å². The summed E-state index contributed by atoms with van der Waals surface area (Å²) in [6, 6.07) is 18.3. The quantitative estimate of drug-likeness (QED) is 0.274. The Morgan fingerprint density at radius 2 is 1.55 bits per heavy atom. The largest absolute Gasteiger partial charge is 0.497 e. The molecule has 1 unspecified atom stereocenters. The molecule has 3 aromatic carbocycles. The van der Waals surface area contributed by atoms with Crippen molar-refractivity contribution in [3.05, 3.63) is 82.4 Å². The minimum absolute atomic E-state index is 0.112. The summed E-state index contributed by atoms with van der Waals surface area (Å²) >= 11 is 6.82. The lowest BCUT2D eigenvalue weighted by Gasteiger charge is -2.29. The Labute approximate surface area is 239 Å². The molecule has 10 heteroatoms. The number of nitrogens with zero attached hydrogens (tertiary/aromatic N) is 1. The molecule has 0 saturated carbocycles. The monoisotopic (exact) mass is 570 g/mol. The molecule has 1 aliphatic heterocycles. The number of carbonyl (C=O) groups excluding carboxylic acids is 1. The molecular formula is C30H35ClN2O7. The van der Waals surface area contributed by atoms with Crippen molar-refractivity contribution in [2.24, 2.45) is 5.73 Å². The van der Waals surface area contributed by atoms with E-state index >= 15 is 0 Å². The molecule has 1 heterocycles. The van der Waals surface area contributed by atoms with Crippen molar-refractivity contribution in [2.45, 2.75) is 38.8 Å². The summed E-state index contributed by atoms with van der Waals surface area (Å²) in [5, 5.41) is 1.32. The molecular weight excluding hydrogens is 536 g/mol. The van der Waals surface area contributed by atoms with E-state index in [9.17, 15) is 4.79 Å². The maximum Gasteiger partial charge on any atom is 0.279 e. The molecule has 1 fully saturated rings.